The van der Waals surface area contributed by atoms with Gasteiger partial charge in [-0.2, -0.15) is 0 Å². The first-order valence-electron chi connectivity index (χ1n) is 4.87. The first-order chi connectivity index (χ1) is 8.09. The van der Waals surface area contributed by atoms with Crippen molar-refractivity contribution < 1.29 is 18.7 Å². The number of halogens is 2. The molecule has 0 unspecified atom stereocenters. The van der Waals surface area contributed by atoms with Crippen LogP contribution in [0.1, 0.15) is 15.9 Å². The number of benzene rings is 2. The van der Waals surface area contributed by atoms with E-state index in [0.29, 0.717) is 17.7 Å². The molecule has 2 rings (SSSR count). The third-order valence-electron chi connectivity index (χ3n) is 2.32. The van der Waals surface area contributed by atoms with Crippen LogP contribution in [0.25, 0.3) is 0 Å². The van der Waals surface area contributed by atoms with E-state index < -0.39 is 23.2 Å². The fourth-order valence-electron chi connectivity index (χ4n) is 1.46. The second-order valence-corrected chi connectivity index (χ2v) is 3.48. The van der Waals surface area contributed by atoms with E-state index in [0.717, 1.165) is 0 Å². The SMILES string of the molecule is O=C(c1ccccc1)c1cc(F)c(F)cc1O. The molecule has 86 valence electrons. The smallest absolute Gasteiger partial charge is 0.196 e. The highest BCUT2D eigenvalue weighted by Gasteiger charge is 2.16. The van der Waals surface area contributed by atoms with E-state index in [4.69, 9.17) is 0 Å². The highest BCUT2D eigenvalue weighted by molar-refractivity contribution is 6.10. The molecule has 0 aromatic heterocycles. The van der Waals surface area contributed by atoms with Gasteiger partial charge in [-0.05, 0) is 6.07 Å². The zero-order chi connectivity index (χ0) is 12.4. The summed E-state index contributed by atoms with van der Waals surface area (Å²) in [7, 11) is 0. The van der Waals surface area contributed by atoms with E-state index >= 15 is 0 Å². The molecule has 0 atom stereocenters. The summed E-state index contributed by atoms with van der Waals surface area (Å²) < 4.78 is 25.8. The van der Waals surface area contributed by atoms with Gasteiger partial charge >= 0.3 is 0 Å². The van der Waals surface area contributed by atoms with Crippen molar-refractivity contribution in [2.24, 2.45) is 0 Å². The summed E-state index contributed by atoms with van der Waals surface area (Å²) in [4.78, 5) is 11.9. The van der Waals surface area contributed by atoms with Crippen LogP contribution in [0.4, 0.5) is 8.78 Å². The molecular weight excluding hydrogens is 226 g/mol. The quantitative estimate of drug-likeness (QED) is 0.811. The van der Waals surface area contributed by atoms with E-state index in [9.17, 15) is 18.7 Å². The molecule has 0 aliphatic carbocycles. The Bertz CT molecular complexity index is 565. The normalized spacial score (nSPS) is 10.2. The van der Waals surface area contributed by atoms with E-state index in [2.05, 4.69) is 0 Å². The Morgan fingerprint density at radius 3 is 2.24 bits per heavy atom. The van der Waals surface area contributed by atoms with E-state index in [-0.39, 0.29) is 5.56 Å². The van der Waals surface area contributed by atoms with Gasteiger partial charge in [0, 0.05) is 11.6 Å². The summed E-state index contributed by atoms with van der Waals surface area (Å²) in [5.74, 6) is -3.48. The maximum atomic E-state index is 13.0. The number of ketones is 1. The number of carbonyl (C=O) groups is 1. The van der Waals surface area contributed by atoms with Gasteiger partial charge in [-0.1, -0.05) is 30.3 Å². The molecular formula is C13H8F2O2. The van der Waals surface area contributed by atoms with Gasteiger partial charge in [0.15, 0.2) is 17.4 Å². The third-order valence-corrected chi connectivity index (χ3v) is 2.32. The van der Waals surface area contributed by atoms with Crippen molar-refractivity contribution >= 4 is 5.78 Å². The summed E-state index contributed by atoms with van der Waals surface area (Å²) in [6, 6.07) is 9.35. The summed E-state index contributed by atoms with van der Waals surface area (Å²) in [5, 5.41) is 9.42. The first-order valence-corrected chi connectivity index (χ1v) is 4.87. The molecule has 0 saturated heterocycles. The van der Waals surface area contributed by atoms with Crippen molar-refractivity contribution in [3.05, 3.63) is 65.2 Å². The largest absolute Gasteiger partial charge is 0.507 e. The number of phenolic OH excluding ortho intramolecular Hbond substituents is 1. The van der Waals surface area contributed by atoms with Gasteiger partial charge in [0.2, 0.25) is 0 Å². The van der Waals surface area contributed by atoms with Crippen LogP contribution in [0.5, 0.6) is 5.75 Å². The highest BCUT2D eigenvalue weighted by atomic mass is 19.2. The third kappa shape index (κ3) is 2.15. The van der Waals surface area contributed by atoms with Crippen LogP contribution in [0, 0.1) is 11.6 Å². The monoisotopic (exact) mass is 234 g/mol. The number of phenols is 1. The second kappa shape index (κ2) is 4.33. The zero-order valence-corrected chi connectivity index (χ0v) is 8.65. The molecule has 2 aromatic rings. The molecule has 0 bridgehead atoms. The minimum atomic E-state index is -1.19. The number of aromatic hydroxyl groups is 1. The van der Waals surface area contributed by atoms with Crippen LogP contribution < -0.4 is 0 Å². The average Bonchev–Trinajstić information content (AvgIpc) is 2.34. The standard InChI is InChI=1S/C13H8F2O2/c14-10-6-9(12(16)7-11(10)15)13(17)8-4-2-1-3-5-8/h1-7,16H. The topological polar surface area (TPSA) is 37.3 Å². The van der Waals surface area contributed by atoms with E-state index in [1.54, 1.807) is 18.2 Å². The van der Waals surface area contributed by atoms with Gasteiger partial charge in [-0.25, -0.2) is 8.78 Å². The summed E-state index contributed by atoms with van der Waals surface area (Å²) in [5.41, 5.74) is 0.0453. The Morgan fingerprint density at radius 2 is 1.59 bits per heavy atom. The van der Waals surface area contributed by atoms with Crippen LogP contribution in [0.15, 0.2) is 42.5 Å². The predicted octanol–water partition coefficient (Wildman–Crippen LogP) is 2.90. The van der Waals surface area contributed by atoms with Crippen LogP contribution in [-0.4, -0.2) is 10.9 Å². The minimum Gasteiger partial charge on any atom is -0.507 e. The molecule has 0 fully saturated rings. The molecule has 2 nitrogen and oxygen atoms in total. The van der Waals surface area contributed by atoms with Gasteiger partial charge in [-0.15, -0.1) is 0 Å². The molecule has 0 aliphatic heterocycles. The van der Waals surface area contributed by atoms with Crippen LogP contribution in [0.3, 0.4) is 0 Å². The average molecular weight is 234 g/mol. The molecule has 0 spiro atoms. The summed E-state index contributed by atoms with van der Waals surface area (Å²) >= 11 is 0. The number of rotatable bonds is 2. The minimum absolute atomic E-state index is 0.255. The lowest BCUT2D eigenvalue weighted by molar-refractivity contribution is 0.103. The maximum Gasteiger partial charge on any atom is 0.196 e. The predicted molar refractivity (Wildman–Crippen MR) is 57.9 cm³/mol. The van der Waals surface area contributed by atoms with Gasteiger partial charge in [-0.3, -0.25) is 4.79 Å². The van der Waals surface area contributed by atoms with Crippen LogP contribution in [-0.2, 0) is 0 Å². The van der Waals surface area contributed by atoms with Crippen LogP contribution in [0.2, 0.25) is 0 Å². The fraction of sp³-hybridized carbons (Fsp3) is 0. The van der Waals surface area contributed by atoms with Gasteiger partial charge in [0.05, 0.1) is 5.56 Å². The van der Waals surface area contributed by atoms with Crippen molar-refractivity contribution in [2.45, 2.75) is 0 Å². The van der Waals surface area contributed by atoms with Gasteiger partial charge in [0.25, 0.3) is 0 Å². The van der Waals surface area contributed by atoms with Gasteiger partial charge in [0.1, 0.15) is 5.75 Å². The molecule has 0 radical (unpaired) electrons. The lowest BCUT2D eigenvalue weighted by Gasteiger charge is -2.04. The Hall–Kier alpha value is -2.23. The zero-order valence-electron chi connectivity index (χ0n) is 8.65. The number of carbonyl (C=O) groups excluding carboxylic acids is 1. The molecule has 1 N–H and O–H groups in total. The molecule has 0 heterocycles. The van der Waals surface area contributed by atoms with Crippen LogP contribution >= 0.6 is 0 Å². The molecule has 2 aromatic carbocycles. The lowest BCUT2D eigenvalue weighted by Crippen LogP contribution is -2.03. The van der Waals surface area contributed by atoms with E-state index in [1.807, 2.05) is 0 Å². The van der Waals surface area contributed by atoms with Crippen molar-refractivity contribution in [3.8, 4) is 5.75 Å². The number of hydrogen-bond acceptors (Lipinski definition) is 2. The molecule has 17 heavy (non-hydrogen) atoms. The van der Waals surface area contributed by atoms with Crippen molar-refractivity contribution in [2.75, 3.05) is 0 Å². The summed E-state index contributed by atoms with van der Waals surface area (Å²) in [6.45, 7) is 0. The Kier molecular flexibility index (Phi) is 2.87. The second-order valence-electron chi connectivity index (χ2n) is 3.48. The maximum absolute atomic E-state index is 13.0. The van der Waals surface area contributed by atoms with Crippen molar-refractivity contribution in [3.63, 3.8) is 0 Å². The Balaban J connectivity index is 2.48. The fourth-order valence-corrected chi connectivity index (χ4v) is 1.46. The lowest BCUT2D eigenvalue weighted by atomic mass is 10.0. The van der Waals surface area contributed by atoms with Crippen molar-refractivity contribution in [1.29, 1.82) is 0 Å². The Morgan fingerprint density at radius 1 is 1.00 bits per heavy atom. The Labute approximate surface area is 96.1 Å². The molecule has 0 aliphatic rings. The van der Waals surface area contributed by atoms with Gasteiger partial charge < -0.3 is 5.11 Å². The van der Waals surface area contributed by atoms with Crippen molar-refractivity contribution in [1.82, 2.24) is 0 Å². The van der Waals surface area contributed by atoms with E-state index in [1.165, 1.54) is 12.1 Å². The molecule has 0 amide bonds. The number of hydrogen-bond donors (Lipinski definition) is 1. The molecule has 4 heteroatoms. The highest BCUT2D eigenvalue weighted by Crippen LogP contribution is 2.23. The first kappa shape index (κ1) is 11.3. The summed E-state index contributed by atoms with van der Waals surface area (Å²) in [6.07, 6.45) is 0. The molecule has 0 saturated carbocycles.